The van der Waals surface area contributed by atoms with Crippen LogP contribution in [0.4, 0.5) is 26.3 Å². The highest BCUT2D eigenvalue weighted by Crippen LogP contribution is 2.45. The van der Waals surface area contributed by atoms with Gasteiger partial charge in [-0.3, -0.25) is 0 Å². The first-order chi connectivity index (χ1) is 8.00. The maximum absolute atomic E-state index is 13.4. The highest BCUT2D eigenvalue weighted by atomic mass is 35.5. The molecule has 10 heteroatoms. The summed E-state index contributed by atoms with van der Waals surface area (Å²) in [4.78, 5) is 0. The van der Waals surface area contributed by atoms with Gasteiger partial charge in [0.15, 0.2) is 0 Å². The third kappa shape index (κ3) is 3.39. The van der Waals surface area contributed by atoms with Crippen LogP contribution in [0.3, 0.4) is 0 Å². The number of hydrogen-bond acceptors (Lipinski definition) is 1. The Balaban J connectivity index is 0.00000324. The third-order valence-corrected chi connectivity index (χ3v) is 2.78. The van der Waals surface area contributed by atoms with Crippen LogP contribution >= 0.6 is 35.6 Å². The lowest BCUT2D eigenvalue weighted by Gasteiger charge is -2.26. The Kier molecular flexibility index (Phi) is 5.83. The van der Waals surface area contributed by atoms with Crippen molar-refractivity contribution in [2.45, 2.75) is 18.1 Å². The molecule has 19 heavy (non-hydrogen) atoms. The van der Waals surface area contributed by atoms with Gasteiger partial charge < -0.3 is 5.73 Å². The van der Waals surface area contributed by atoms with Crippen LogP contribution in [-0.4, -0.2) is 12.1 Å². The van der Waals surface area contributed by atoms with E-state index in [9.17, 15) is 26.3 Å². The van der Waals surface area contributed by atoms with E-state index in [1.165, 1.54) is 0 Å². The molecule has 0 spiro atoms. The highest BCUT2D eigenvalue weighted by molar-refractivity contribution is 6.33. The van der Waals surface area contributed by atoms with Gasteiger partial charge in [0.25, 0.3) is 0 Å². The summed E-state index contributed by atoms with van der Waals surface area (Å²) in [6.45, 7) is 0. The zero-order chi connectivity index (χ0) is 14.3. The topological polar surface area (TPSA) is 26.0 Å². The second-order valence-electron chi connectivity index (χ2n) is 3.36. The largest absolute Gasteiger partial charge is 0.455 e. The van der Waals surface area contributed by atoms with Gasteiger partial charge in [-0.15, -0.1) is 12.4 Å². The van der Waals surface area contributed by atoms with Crippen molar-refractivity contribution in [2.24, 2.45) is 5.73 Å². The second kappa shape index (κ2) is 5.95. The third-order valence-electron chi connectivity index (χ3n) is 2.16. The molecule has 0 aliphatic rings. The number of benzene rings is 1. The number of hydrogen-bond donors (Lipinski definition) is 1. The van der Waals surface area contributed by atoms with Crippen molar-refractivity contribution in [2.75, 3.05) is 0 Å². The maximum Gasteiger partial charge on any atom is 0.455 e. The van der Waals surface area contributed by atoms with E-state index in [0.717, 1.165) is 12.1 Å². The fourth-order valence-corrected chi connectivity index (χ4v) is 1.61. The molecule has 0 unspecified atom stereocenters. The monoisotopic (exact) mass is 347 g/mol. The SMILES string of the molecule is Cl.N[C@H](c1c(Cl)ccc(Cl)c1F)C(F)(F)C(F)(F)F. The lowest BCUT2D eigenvalue weighted by Crippen LogP contribution is -2.46. The molecule has 2 N–H and O–H groups in total. The van der Waals surface area contributed by atoms with E-state index in [-0.39, 0.29) is 12.4 Å². The standard InChI is InChI=1S/C9H5Cl2F6N.ClH/c10-3-1-2-4(11)6(12)5(3)7(18)8(13,14)9(15,16)17;/h1-2,7H,18H2;1H/t7-;/m1./s1. The quantitative estimate of drug-likeness (QED) is 0.606. The van der Waals surface area contributed by atoms with E-state index in [4.69, 9.17) is 28.9 Å². The Morgan fingerprint density at radius 1 is 1.00 bits per heavy atom. The molecular weight excluding hydrogens is 342 g/mol. The van der Waals surface area contributed by atoms with E-state index in [2.05, 4.69) is 0 Å². The summed E-state index contributed by atoms with van der Waals surface area (Å²) >= 11 is 10.7. The van der Waals surface area contributed by atoms with Gasteiger partial charge >= 0.3 is 12.1 Å². The van der Waals surface area contributed by atoms with Crippen LogP contribution in [0.2, 0.25) is 10.0 Å². The highest BCUT2D eigenvalue weighted by Gasteiger charge is 2.62. The summed E-state index contributed by atoms with van der Waals surface area (Å²) < 4.78 is 75.7. The minimum Gasteiger partial charge on any atom is -0.319 e. The molecule has 0 radical (unpaired) electrons. The molecular formula is C9H6Cl3F6N. The van der Waals surface area contributed by atoms with Crippen LogP contribution in [0.25, 0.3) is 0 Å². The molecule has 110 valence electrons. The summed E-state index contributed by atoms with van der Waals surface area (Å²) in [5, 5.41) is -1.31. The van der Waals surface area contributed by atoms with Crippen molar-refractivity contribution in [1.29, 1.82) is 0 Å². The first-order valence-electron chi connectivity index (χ1n) is 4.33. The van der Waals surface area contributed by atoms with Crippen LogP contribution in [0.15, 0.2) is 12.1 Å². The fraction of sp³-hybridized carbons (Fsp3) is 0.333. The van der Waals surface area contributed by atoms with E-state index in [0.29, 0.717) is 0 Å². The van der Waals surface area contributed by atoms with Crippen molar-refractivity contribution >= 4 is 35.6 Å². The molecule has 1 nitrogen and oxygen atoms in total. The smallest absolute Gasteiger partial charge is 0.319 e. The molecule has 0 amide bonds. The van der Waals surface area contributed by atoms with Gasteiger partial charge in [0.2, 0.25) is 0 Å². The van der Waals surface area contributed by atoms with Gasteiger partial charge in [-0.2, -0.15) is 22.0 Å². The Labute approximate surface area is 120 Å². The molecule has 1 atom stereocenters. The minimum atomic E-state index is -5.93. The van der Waals surface area contributed by atoms with Gasteiger partial charge in [0.1, 0.15) is 11.9 Å². The van der Waals surface area contributed by atoms with Gasteiger partial charge in [-0.1, -0.05) is 23.2 Å². The van der Waals surface area contributed by atoms with Crippen molar-refractivity contribution in [1.82, 2.24) is 0 Å². The van der Waals surface area contributed by atoms with Crippen molar-refractivity contribution < 1.29 is 26.3 Å². The zero-order valence-electron chi connectivity index (χ0n) is 8.74. The Morgan fingerprint density at radius 3 is 1.84 bits per heavy atom. The molecule has 0 aliphatic heterocycles. The number of rotatable bonds is 2. The van der Waals surface area contributed by atoms with Crippen molar-refractivity contribution in [3.63, 3.8) is 0 Å². The minimum absolute atomic E-state index is 0. The van der Waals surface area contributed by atoms with Crippen molar-refractivity contribution in [3.05, 3.63) is 33.6 Å². The molecule has 1 aromatic rings. The molecule has 0 bridgehead atoms. The average Bonchev–Trinajstić information content (AvgIpc) is 2.22. The molecule has 1 aromatic carbocycles. The Bertz CT molecular complexity index is 462. The van der Waals surface area contributed by atoms with Gasteiger partial charge in [-0.25, -0.2) is 4.39 Å². The summed E-state index contributed by atoms with van der Waals surface area (Å²) in [7, 11) is 0. The van der Waals surface area contributed by atoms with E-state index in [1.54, 1.807) is 0 Å². The molecule has 0 saturated carbocycles. The fourth-order valence-electron chi connectivity index (χ4n) is 1.19. The molecule has 0 aromatic heterocycles. The molecule has 0 heterocycles. The lowest BCUT2D eigenvalue weighted by atomic mass is 10.0. The zero-order valence-corrected chi connectivity index (χ0v) is 11.1. The normalized spacial score (nSPS) is 13.9. The average molecular weight is 349 g/mol. The van der Waals surface area contributed by atoms with E-state index in [1.807, 2.05) is 0 Å². The van der Waals surface area contributed by atoms with Crippen LogP contribution in [0.5, 0.6) is 0 Å². The number of nitrogens with two attached hydrogens (primary N) is 1. The molecule has 0 saturated heterocycles. The lowest BCUT2D eigenvalue weighted by molar-refractivity contribution is -0.291. The molecule has 0 aliphatic carbocycles. The number of halogens is 9. The molecule has 0 fully saturated rings. The summed E-state index contributed by atoms with van der Waals surface area (Å²) in [6, 6.07) is -1.18. The predicted octanol–water partition coefficient (Wildman–Crippen LogP) is 4.75. The van der Waals surface area contributed by atoms with Crippen LogP contribution in [0, 0.1) is 5.82 Å². The Morgan fingerprint density at radius 2 is 1.42 bits per heavy atom. The van der Waals surface area contributed by atoms with Gasteiger partial charge in [0.05, 0.1) is 5.02 Å². The van der Waals surface area contributed by atoms with E-state index < -0.39 is 39.6 Å². The van der Waals surface area contributed by atoms with E-state index >= 15 is 0 Å². The van der Waals surface area contributed by atoms with Crippen LogP contribution < -0.4 is 5.73 Å². The maximum atomic E-state index is 13.4. The first kappa shape index (κ1) is 18.6. The number of alkyl halides is 5. The summed E-state index contributed by atoms with van der Waals surface area (Å²) in [5.41, 5.74) is 3.60. The van der Waals surface area contributed by atoms with Crippen LogP contribution in [-0.2, 0) is 0 Å². The summed E-state index contributed by atoms with van der Waals surface area (Å²) in [6.07, 6.45) is -5.93. The predicted molar refractivity (Wildman–Crippen MR) is 61.6 cm³/mol. The van der Waals surface area contributed by atoms with Crippen LogP contribution in [0.1, 0.15) is 11.6 Å². The molecule has 1 rings (SSSR count). The second-order valence-corrected chi connectivity index (χ2v) is 4.17. The van der Waals surface area contributed by atoms with Crippen molar-refractivity contribution in [3.8, 4) is 0 Å². The first-order valence-corrected chi connectivity index (χ1v) is 5.09. The van der Waals surface area contributed by atoms with Gasteiger partial charge in [0, 0.05) is 10.6 Å². The Hall–Kier alpha value is -0.370. The summed E-state index contributed by atoms with van der Waals surface area (Å²) in [5.74, 6) is -6.83. The van der Waals surface area contributed by atoms with Gasteiger partial charge in [-0.05, 0) is 12.1 Å².